The van der Waals surface area contributed by atoms with Crippen molar-refractivity contribution in [3.63, 3.8) is 0 Å². The third-order valence-corrected chi connectivity index (χ3v) is 3.17. The molecule has 92 valence electrons. The molecular weight excluding hydrogens is 221 g/mol. The maximum atomic E-state index is 12.7. The van der Waals surface area contributed by atoms with E-state index >= 15 is 0 Å². The normalized spacial score (nSPS) is 24.2. The van der Waals surface area contributed by atoms with Crippen LogP contribution in [0.4, 0.5) is 4.39 Å². The zero-order chi connectivity index (χ0) is 12.4. The highest BCUT2D eigenvalue weighted by atomic mass is 19.1. The second-order valence-electron chi connectivity index (χ2n) is 4.63. The minimum absolute atomic E-state index is 0.00124. The summed E-state index contributed by atoms with van der Waals surface area (Å²) in [7, 11) is 0. The van der Waals surface area contributed by atoms with Gasteiger partial charge in [-0.05, 0) is 30.0 Å². The van der Waals surface area contributed by atoms with Crippen LogP contribution in [0, 0.1) is 17.7 Å². The molecule has 1 saturated carbocycles. The zero-order valence-electron chi connectivity index (χ0n) is 9.69. The Morgan fingerprint density at radius 3 is 2.65 bits per heavy atom. The van der Waals surface area contributed by atoms with Crippen molar-refractivity contribution in [1.82, 2.24) is 5.32 Å². The molecule has 2 N–H and O–H groups in total. The van der Waals surface area contributed by atoms with Crippen LogP contribution in [0.25, 0.3) is 0 Å². The van der Waals surface area contributed by atoms with Crippen LogP contribution in [-0.2, 0) is 4.79 Å². The first-order chi connectivity index (χ1) is 8.08. The summed E-state index contributed by atoms with van der Waals surface area (Å²) < 4.78 is 12.7. The van der Waals surface area contributed by atoms with Gasteiger partial charge in [-0.1, -0.05) is 19.1 Å². The number of aliphatic hydroxyl groups excluding tert-OH is 1. The van der Waals surface area contributed by atoms with E-state index in [-0.39, 0.29) is 24.2 Å². The Hall–Kier alpha value is -1.42. The van der Waals surface area contributed by atoms with Crippen molar-refractivity contribution in [2.24, 2.45) is 11.8 Å². The monoisotopic (exact) mass is 237 g/mol. The smallest absolute Gasteiger partial charge is 0.223 e. The Balaban J connectivity index is 1.82. The van der Waals surface area contributed by atoms with Gasteiger partial charge in [-0.2, -0.15) is 0 Å². The van der Waals surface area contributed by atoms with Crippen LogP contribution in [-0.4, -0.2) is 17.6 Å². The number of rotatable bonds is 4. The molecule has 0 bridgehead atoms. The Labute approximate surface area is 99.7 Å². The summed E-state index contributed by atoms with van der Waals surface area (Å²) in [4.78, 5) is 11.5. The second-order valence-corrected chi connectivity index (χ2v) is 4.63. The molecule has 4 heteroatoms. The lowest BCUT2D eigenvalue weighted by molar-refractivity contribution is -0.123. The van der Waals surface area contributed by atoms with Crippen LogP contribution < -0.4 is 5.32 Å². The molecule has 1 aromatic carbocycles. The molecule has 0 spiro atoms. The van der Waals surface area contributed by atoms with Gasteiger partial charge in [0.1, 0.15) is 5.82 Å². The van der Waals surface area contributed by atoms with Crippen LogP contribution in [0.3, 0.4) is 0 Å². The van der Waals surface area contributed by atoms with Crippen LogP contribution >= 0.6 is 0 Å². The molecule has 0 aromatic heterocycles. The van der Waals surface area contributed by atoms with Gasteiger partial charge in [0.25, 0.3) is 0 Å². The fraction of sp³-hybridized carbons (Fsp3) is 0.462. The molecule has 1 fully saturated rings. The first kappa shape index (κ1) is 12.0. The molecular formula is C13H16FNO2. The van der Waals surface area contributed by atoms with E-state index in [1.54, 1.807) is 0 Å². The van der Waals surface area contributed by atoms with Crippen molar-refractivity contribution in [3.05, 3.63) is 35.6 Å². The van der Waals surface area contributed by atoms with Crippen LogP contribution in [0.1, 0.15) is 25.0 Å². The summed E-state index contributed by atoms with van der Waals surface area (Å²) in [6, 6.07) is 5.63. The van der Waals surface area contributed by atoms with Gasteiger partial charge in [0.05, 0.1) is 6.10 Å². The van der Waals surface area contributed by atoms with Crippen molar-refractivity contribution in [1.29, 1.82) is 0 Å². The highest BCUT2D eigenvalue weighted by molar-refractivity contribution is 5.81. The van der Waals surface area contributed by atoms with Crippen molar-refractivity contribution < 1.29 is 14.3 Å². The number of carbonyl (C=O) groups is 1. The molecule has 3 unspecified atom stereocenters. The highest BCUT2D eigenvalue weighted by Gasteiger charge is 2.38. The van der Waals surface area contributed by atoms with E-state index in [9.17, 15) is 14.3 Å². The number of hydrogen-bond donors (Lipinski definition) is 2. The first-order valence-electron chi connectivity index (χ1n) is 5.79. The lowest BCUT2D eigenvalue weighted by Crippen LogP contribution is -2.29. The summed E-state index contributed by atoms with van der Waals surface area (Å²) >= 11 is 0. The van der Waals surface area contributed by atoms with Crippen molar-refractivity contribution in [2.75, 3.05) is 6.54 Å². The van der Waals surface area contributed by atoms with E-state index in [4.69, 9.17) is 0 Å². The summed E-state index contributed by atoms with van der Waals surface area (Å²) in [5, 5.41) is 12.5. The van der Waals surface area contributed by atoms with Crippen molar-refractivity contribution >= 4 is 5.91 Å². The van der Waals surface area contributed by atoms with Gasteiger partial charge in [0.15, 0.2) is 0 Å². The van der Waals surface area contributed by atoms with Gasteiger partial charge in [-0.25, -0.2) is 4.39 Å². The summed E-state index contributed by atoms with van der Waals surface area (Å²) in [5.41, 5.74) is 0.607. The minimum Gasteiger partial charge on any atom is -0.387 e. The molecule has 17 heavy (non-hydrogen) atoms. The first-order valence-corrected chi connectivity index (χ1v) is 5.79. The van der Waals surface area contributed by atoms with Gasteiger partial charge in [0.2, 0.25) is 5.91 Å². The molecule has 1 aliphatic rings. The van der Waals surface area contributed by atoms with E-state index in [1.165, 1.54) is 24.3 Å². The molecule has 1 amide bonds. The Morgan fingerprint density at radius 2 is 2.12 bits per heavy atom. The Bertz CT molecular complexity index is 404. The average Bonchev–Trinajstić information content (AvgIpc) is 3.04. The molecule has 3 nitrogen and oxygen atoms in total. The quantitative estimate of drug-likeness (QED) is 0.836. The van der Waals surface area contributed by atoms with Crippen LogP contribution in [0.5, 0.6) is 0 Å². The third kappa shape index (κ3) is 3.03. The molecule has 3 atom stereocenters. The Morgan fingerprint density at radius 1 is 1.53 bits per heavy atom. The molecule has 0 heterocycles. The van der Waals surface area contributed by atoms with Gasteiger partial charge < -0.3 is 10.4 Å². The maximum Gasteiger partial charge on any atom is 0.223 e. The van der Waals surface area contributed by atoms with Gasteiger partial charge in [-0.15, -0.1) is 0 Å². The highest BCUT2D eigenvalue weighted by Crippen LogP contribution is 2.37. The van der Waals surface area contributed by atoms with Gasteiger partial charge in [0, 0.05) is 12.5 Å². The van der Waals surface area contributed by atoms with E-state index < -0.39 is 6.10 Å². The van der Waals surface area contributed by atoms with E-state index in [0.717, 1.165) is 6.42 Å². The summed E-state index contributed by atoms with van der Waals surface area (Å²) in [5.74, 6) is 0.226. The molecule has 0 aliphatic heterocycles. The van der Waals surface area contributed by atoms with Crippen molar-refractivity contribution in [2.45, 2.75) is 19.4 Å². The number of hydrogen-bond acceptors (Lipinski definition) is 2. The standard InChI is InChI=1S/C13H16FNO2/c1-8-6-11(8)13(17)15-7-12(16)9-2-4-10(14)5-3-9/h2-5,8,11-12,16H,6-7H2,1H3,(H,15,17). The molecule has 1 aliphatic carbocycles. The second kappa shape index (κ2) is 4.84. The molecule has 2 rings (SSSR count). The van der Waals surface area contributed by atoms with Crippen molar-refractivity contribution in [3.8, 4) is 0 Å². The number of benzene rings is 1. The van der Waals surface area contributed by atoms with Gasteiger partial charge in [-0.3, -0.25) is 4.79 Å². The number of aliphatic hydroxyl groups is 1. The molecule has 0 radical (unpaired) electrons. The number of amides is 1. The van der Waals surface area contributed by atoms with E-state index in [1.807, 2.05) is 6.92 Å². The minimum atomic E-state index is -0.784. The zero-order valence-corrected chi connectivity index (χ0v) is 9.69. The fourth-order valence-electron chi connectivity index (χ4n) is 1.82. The van der Waals surface area contributed by atoms with Gasteiger partial charge >= 0.3 is 0 Å². The van der Waals surface area contributed by atoms with E-state index in [2.05, 4.69) is 5.32 Å². The topological polar surface area (TPSA) is 49.3 Å². The predicted molar refractivity (Wildman–Crippen MR) is 61.6 cm³/mol. The predicted octanol–water partition coefficient (Wildman–Crippen LogP) is 1.63. The number of nitrogens with one attached hydrogen (secondary N) is 1. The maximum absolute atomic E-state index is 12.7. The SMILES string of the molecule is CC1CC1C(=O)NCC(O)c1ccc(F)cc1. The number of carbonyl (C=O) groups excluding carboxylic acids is 1. The average molecular weight is 237 g/mol. The molecule has 0 saturated heterocycles. The van der Waals surface area contributed by atoms with Crippen LogP contribution in [0.2, 0.25) is 0 Å². The lowest BCUT2D eigenvalue weighted by atomic mass is 10.1. The third-order valence-electron chi connectivity index (χ3n) is 3.17. The summed E-state index contributed by atoms with van der Waals surface area (Å²) in [6.07, 6.45) is 0.145. The lowest BCUT2D eigenvalue weighted by Gasteiger charge is -2.12. The summed E-state index contributed by atoms with van der Waals surface area (Å²) in [6.45, 7) is 2.20. The largest absolute Gasteiger partial charge is 0.387 e. The Kier molecular flexibility index (Phi) is 3.43. The molecule has 1 aromatic rings. The van der Waals surface area contributed by atoms with Crippen LogP contribution in [0.15, 0.2) is 24.3 Å². The van der Waals surface area contributed by atoms with E-state index in [0.29, 0.717) is 11.5 Å². The number of halogens is 1. The fourth-order valence-corrected chi connectivity index (χ4v) is 1.82.